The first-order valence-electron chi connectivity index (χ1n) is 1.78. The van der Waals surface area contributed by atoms with E-state index < -0.39 is 6.04 Å². The molecule has 6 N–H and O–H groups in total. The zero-order valence-electron chi connectivity index (χ0n) is 3.96. The highest BCUT2D eigenvalue weighted by Gasteiger charge is 1.91. The topological polar surface area (TPSA) is 98.0 Å². The molecule has 0 aromatic heterocycles. The third-order valence-electron chi connectivity index (χ3n) is 0.469. The summed E-state index contributed by atoms with van der Waals surface area (Å²) in [5, 5.41) is 16.1. The second-order valence-electron chi connectivity index (χ2n) is 1.13. The SMILES string of the molecule is NC(CO)CO.O. The van der Waals surface area contributed by atoms with E-state index in [1.54, 1.807) is 0 Å². The molecule has 0 radical (unpaired) electrons. The average molecular weight is 109 g/mol. The Morgan fingerprint density at radius 2 is 1.57 bits per heavy atom. The van der Waals surface area contributed by atoms with Crippen LogP contribution in [0.15, 0.2) is 0 Å². The van der Waals surface area contributed by atoms with E-state index in [-0.39, 0.29) is 18.7 Å². The van der Waals surface area contributed by atoms with Crippen LogP contribution >= 0.6 is 0 Å². The van der Waals surface area contributed by atoms with E-state index in [2.05, 4.69) is 0 Å². The van der Waals surface area contributed by atoms with Gasteiger partial charge in [-0.2, -0.15) is 0 Å². The molecule has 4 nitrogen and oxygen atoms in total. The number of nitrogens with two attached hydrogens (primary N) is 1. The molecule has 0 bridgehead atoms. The van der Waals surface area contributed by atoms with Gasteiger partial charge < -0.3 is 21.4 Å². The minimum absolute atomic E-state index is 0. The second-order valence-corrected chi connectivity index (χ2v) is 1.13. The molecule has 0 unspecified atom stereocenters. The van der Waals surface area contributed by atoms with Crippen molar-refractivity contribution in [2.24, 2.45) is 5.73 Å². The van der Waals surface area contributed by atoms with Crippen molar-refractivity contribution in [2.75, 3.05) is 13.2 Å². The summed E-state index contributed by atoms with van der Waals surface area (Å²) in [6.45, 7) is -0.285. The van der Waals surface area contributed by atoms with Crippen LogP contribution in [0.3, 0.4) is 0 Å². The fourth-order valence-electron chi connectivity index (χ4n) is 0.0577. The Bertz CT molecular complexity index is 29.4. The van der Waals surface area contributed by atoms with Gasteiger partial charge in [0, 0.05) is 0 Å². The van der Waals surface area contributed by atoms with E-state index in [0.29, 0.717) is 0 Å². The van der Waals surface area contributed by atoms with Gasteiger partial charge in [0.2, 0.25) is 0 Å². The Balaban J connectivity index is 0. The van der Waals surface area contributed by atoms with Crippen molar-refractivity contribution in [2.45, 2.75) is 6.04 Å². The molecule has 0 saturated carbocycles. The third-order valence-corrected chi connectivity index (χ3v) is 0.469. The highest BCUT2D eigenvalue weighted by molar-refractivity contribution is 4.52. The molecule has 0 fully saturated rings. The molecule has 0 rings (SSSR count). The van der Waals surface area contributed by atoms with Gasteiger partial charge in [0.1, 0.15) is 0 Å². The van der Waals surface area contributed by atoms with Gasteiger partial charge in [0.25, 0.3) is 0 Å². The van der Waals surface area contributed by atoms with Gasteiger partial charge in [-0.3, -0.25) is 0 Å². The van der Waals surface area contributed by atoms with Gasteiger partial charge in [0.15, 0.2) is 0 Å². The van der Waals surface area contributed by atoms with Crippen molar-refractivity contribution in [1.82, 2.24) is 0 Å². The summed E-state index contributed by atoms with van der Waals surface area (Å²) in [5.41, 5.74) is 4.97. The molecule has 46 valence electrons. The molecule has 0 aromatic rings. The summed E-state index contributed by atoms with van der Waals surface area (Å²) in [5.74, 6) is 0. The first-order chi connectivity index (χ1) is 2.81. The molecule has 0 atom stereocenters. The molecule has 7 heavy (non-hydrogen) atoms. The van der Waals surface area contributed by atoms with Crippen LogP contribution < -0.4 is 5.73 Å². The molecule has 0 amide bonds. The van der Waals surface area contributed by atoms with Crippen molar-refractivity contribution in [3.8, 4) is 0 Å². The number of aliphatic hydroxyl groups excluding tert-OH is 2. The lowest BCUT2D eigenvalue weighted by Crippen LogP contribution is -2.27. The molecule has 0 saturated heterocycles. The number of hydrogen-bond acceptors (Lipinski definition) is 3. The van der Waals surface area contributed by atoms with Gasteiger partial charge in [-0.25, -0.2) is 0 Å². The van der Waals surface area contributed by atoms with Crippen LogP contribution in [0.4, 0.5) is 0 Å². The second kappa shape index (κ2) is 5.84. The van der Waals surface area contributed by atoms with E-state index >= 15 is 0 Å². The highest BCUT2D eigenvalue weighted by atomic mass is 16.3. The van der Waals surface area contributed by atoms with Crippen LogP contribution in [0.5, 0.6) is 0 Å². The summed E-state index contributed by atoms with van der Waals surface area (Å²) in [6, 6.07) is -0.454. The van der Waals surface area contributed by atoms with Crippen molar-refractivity contribution >= 4 is 0 Å². The Morgan fingerprint density at radius 3 is 1.57 bits per heavy atom. The van der Waals surface area contributed by atoms with Crippen LogP contribution in [-0.2, 0) is 0 Å². The summed E-state index contributed by atoms with van der Waals surface area (Å²) in [6.07, 6.45) is 0. The zero-order chi connectivity index (χ0) is 4.99. The molecule has 0 aliphatic rings. The lowest BCUT2D eigenvalue weighted by atomic mass is 10.4. The first-order valence-corrected chi connectivity index (χ1v) is 1.78. The number of aliphatic hydroxyl groups is 2. The van der Waals surface area contributed by atoms with Crippen LogP contribution in [-0.4, -0.2) is 34.9 Å². The Morgan fingerprint density at radius 1 is 1.29 bits per heavy atom. The standard InChI is InChI=1S/C3H9NO2.H2O/c4-3(1-5)2-6;/h3,5-6H,1-2,4H2;1H2. The average Bonchev–Trinajstić information content (AvgIpc) is 1.65. The third kappa shape index (κ3) is 5.84. The van der Waals surface area contributed by atoms with Gasteiger partial charge in [-0.1, -0.05) is 0 Å². The number of rotatable bonds is 2. The van der Waals surface area contributed by atoms with E-state index in [1.165, 1.54) is 0 Å². The smallest absolute Gasteiger partial charge is 0.0605 e. The van der Waals surface area contributed by atoms with Crippen molar-refractivity contribution in [3.05, 3.63) is 0 Å². The van der Waals surface area contributed by atoms with Gasteiger partial charge >= 0.3 is 0 Å². The van der Waals surface area contributed by atoms with Gasteiger partial charge in [-0.15, -0.1) is 0 Å². The molecule has 0 aromatic carbocycles. The number of hydrogen-bond donors (Lipinski definition) is 3. The highest BCUT2D eigenvalue weighted by Crippen LogP contribution is 1.66. The maximum absolute atomic E-state index is 8.05. The minimum atomic E-state index is -0.454. The normalized spacial score (nSPS) is 8.57. The molecular formula is C3H11NO3. The molecule has 0 spiro atoms. The Hall–Kier alpha value is -0.160. The summed E-state index contributed by atoms with van der Waals surface area (Å²) >= 11 is 0. The molecule has 4 heteroatoms. The van der Waals surface area contributed by atoms with Crippen LogP contribution in [0, 0.1) is 0 Å². The molecule has 0 heterocycles. The fourth-order valence-corrected chi connectivity index (χ4v) is 0.0577. The summed E-state index contributed by atoms with van der Waals surface area (Å²) in [7, 11) is 0. The van der Waals surface area contributed by atoms with Crippen molar-refractivity contribution < 1.29 is 15.7 Å². The molecule has 0 aliphatic heterocycles. The van der Waals surface area contributed by atoms with E-state index in [1.807, 2.05) is 0 Å². The lowest BCUT2D eigenvalue weighted by Gasteiger charge is -1.98. The Kier molecular flexibility index (Phi) is 8.31. The van der Waals surface area contributed by atoms with E-state index in [0.717, 1.165) is 0 Å². The van der Waals surface area contributed by atoms with Gasteiger partial charge in [-0.05, 0) is 0 Å². The van der Waals surface area contributed by atoms with Crippen LogP contribution in [0.25, 0.3) is 0 Å². The summed E-state index contributed by atoms with van der Waals surface area (Å²) < 4.78 is 0. The monoisotopic (exact) mass is 109 g/mol. The van der Waals surface area contributed by atoms with E-state index in [4.69, 9.17) is 15.9 Å². The van der Waals surface area contributed by atoms with Crippen molar-refractivity contribution in [1.29, 1.82) is 0 Å². The minimum Gasteiger partial charge on any atom is -0.412 e. The fraction of sp³-hybridized carbons (Fsp3) is 1.00. The zero-order valence-corrected chi connectivity index (χ0v) is 3.96. The predicted molar refractivity (Wildman–Crippen MR) is 25.8 cm³/mol. The van der Waals surface area contributed by atoms with E-state index in [9.17, 15) is 0 Å². The van der Waals surface area contributed by atoms with Crippen molar-refractivity contribution in [3.63, 3.8) is 0 Å². The predicted octanol–water partition coefficient (Wildman–Crippen LogP) is -2.53. The summed E-state index contributed by atoms with van der Waals surface area (Å²) in [4.78, 5) is 0. The van der Waals surface area contributed by atoms with Gasteiger partial charge in [0.05, 0.1) is 19.3 Å². The molecular weight excluding hydrogens is 98.0 g/mol. The molecule has 0 aliphatic carbocycles. The first kappa shape index (κ1) is 9.96. The maximum atomic E-state index is 8.05. The van der Waals surface area contributed by atoms with Crippen LogP contribution in [0.1, 0.15) is 0 Å². The lowest BCUT2D eigenvalue weighted by molar-refractivity contribution is 0.194. The Labute approximate surface area is 41.9 Å². The maximum Gasteiger partial charge on any atom is 0.0605 e. The van der Waals surface area contributed by atoms with Crippen LogP contribution in [0.2, 0.25) is 0 Å². The quantitative estimate of drug-likeness (QED) is 0.364. The largest absolute Gasteiger partial charge is 0.412 e.